The fraction of sp³-hybridized carbons (Fsp3) is 0.286. The van der Waals surface area contributed by atoms with Crippen molar-refractivity contribution in [3.05, 3.63) is 84.4 Å². The van der Waals surface area contributed by atoms with E-state index in [1.165, 1.54) is 12.1 Å². The van der Waals surface area contributed by atoms with Gasteiger partial charge in [0.2, 0.25) is 5.91 Å². The van der Waals surface area contributed by atoms with Crippen LogP contribution in [0.1, 0.15) is 18.4 Å². The quantitative estimate of drug-likeness (QED) is 0.441. The van der Waals surface area contributed by atoms with Crippen molar-refractivity contribution in [2.45, 2.75) is 34.9 Å². The summed E-state index contributed by atoms with van der Waals surface area (Å²) in [6.07, 6.45) is -0.128. The summed E-state index contributed by atoms with van der Waals surface area (Å²) in [4.78, 5) is 25.7. The van der Waals surface area contributed by atoms with Crippen LogP contribution in [-0.4, -0.2) is 56.5 Å². The van der Waals surface area contributed by atoms with Crippen molar-refractivity contribution in [2.24, 2.45) is 0 Å². The van der Waals surface area contributed by atoms with Crippen molar-refractivity contribution >= 4 is 21.7 Å². The maximum absolute atomic E-state index is 13.6. The summed E-state index contributed by atoms with van der Waals surface area (Å²) in [5, 5.41) is 12.4. The third-order valence-electron chi connectivity index (χ3n) is 6.70. The third-order valence-corrected chi connectivity index (χ3v) is 9.21. The van der Waals surface area contributed by atoms with Crippen molar-refractivity contribution in [2.75, 3.05) is 20.3 Å². The Bertz CT molecular complexity index is 1350. The molecule has 0 aromatic heterocycles. The van der Waals surface area contributed by atoms with Gasteiger partial charge in [0.05, 0.1) is 12.0 Å². The summed E-state index contributed by atoms with van der Waals surface area (Å²) < 4.78 is 36.2. The topological polar surface area (TPSA) is 119 Å². The first-order valence-corrected chi connectivity index (χ1v) is 13.4. The second kappa shape index (κ2) is 11.1. The van der Waals surface area contributed by atoms with Gasteiger partial charge >= 0.3 is 5.97 Å². The van der Waals surface area contributed by atoms with E-state index in [2.05, 4.69) is 5.32 Å². The van der Waals surface area contributed by atoms with Crippen LogP contribution in [0, 0.1) is 0 Å². The Morgan fingerprint density at radius 3 is 2.22 bits per heavy atom. The minimum Gasteiger partial charge on any atom is -0.496 e. The van der Waals surface area contributed by atoms with E-state index < -0.39 is 32.5 Å². The van der Waals surface area contributed by atoms with Gasteiger partial charge < -0.3 is 19.9 Å². The molecule has 194 valence electrons. The highest BCUT2D eigenvalue weighted by atomic mass is 32.2. The third kappa shape index (κ3) is 5.38. The Balaban J connectivity index is 1.57. The molecule has 1 atom stereocenters. The van der Waals surface area contributed by atoms with E-state index in [1.54, 1.807) is 37.4 Å². The molecule has 0 saturated carbocycles. The van der Waals surface area contributed by atoms with Gasteiger partial charge in [-0.25, -0.2) is 13.2 Å². The summed E-state index contributed by atoms with van der Waals surface area (Å²) in [5.41, 5.74) is 2.47. The highest BCUT2D eigenvalue weighted by Crippen LogP contribution is 2.35. The molecule has 3 aromatic carbocycles. The number of carbonyl (C=O) groups excluding carboxylic acids is 1. The van der Waals surface area contributed by atoms with E-state index in [-0.39, 0.29) is 37.4 Å². The molecule has 1 amide bonds. The Labute approximate surface area is 216 Å². The van der Waals surface area contributed by atoms with E-state index >= 15 is 0 Å². The van der Waals surface area contributed by atoms with E-state index in [1.807, 2.05) is 36.4 Å². The number of carboxylic acid groups (broad SMARTS) is 1. The Hall–Kier alpha value is -3.69. The van der Waals surface area contributed by atoms with Gasteiger partial charge in [0.15, 0.2) is 14.6 Å². The fourth-order valence-corrected chi connectivity index (χ4v) is 6.55. The van der Waals surface area contributed by atoms with Crippen LogP contribution in [0.25, 0.3) is 11.1 Å². The van der Waals surface area contributed by atoms with Gasteiger partial charge in [0.25, 0.3) is 0 Å². The van der Waals surface area contributed by atoms with Gasteiger partial charge in [-0.15, -0.1) is 0 Å². The molecule has 1 fully saturated rings. The van der Waals surface area contributed by atoms with Gasteiger partial charge in [-0.3, -0.25) is 4.79 Å². The molecule has 3 aromatic rings. The van der Waals surface area contributed by atoms with Crippen LogP contribution in [0.5, 0.6) is 5.75 Å². The number of carbonyl (C=O) groups is 2. The number of amides is 1. The van der Waals surface area contributed by atoms with Crippen molar-refractivity contribution < 1.29 is 32.6 Å². The summed E-state index contributed by atoms with van der Waals surface area (Å²) in [5.74, 6) is -1.36. The molecule has 0 spiro atoms. The Kier molecular flexibility index (Phi) is 7.94. The Morgan fingerprint density at radius 2 is 1.59 bits per heavy atom. The first-order valence-electron chi connectivity index (χ1n) is 11.9. The summed E-state index contributed by atoms with van der Waals surface area (Å²) in [7, 11) is -2.51. The second-order valence-electron chi connectivity index (χ2n) is 8.89. The van der Waals surface area contributed by atoms with Crippen LogP contribution in [0.3, 0.4) is 0 Å². The average molecular weight is 524 g/mol. The number of sulfone groups is 1. The first kappa shape index (κ1) is 26.4. The predicted molar refractivity (Wildman–Crippen MR) is 138 cm³/mol. The Morgan fingerprint density at radius 1 is 0.973 bits per heavy atom. The number of hydrogen-bond donors (Lipinski definition) is 2. The molecular formula is C28H29NO7S. The molecule has 4 rings (SSSR count). The highest BCUT2D eigenvalue weighted by molar-refractivity contribution is 7.93. The van der Waals surface area contributed by atoms with Crippen LogP contribution < -0.4 is 10.1 Å². The maximum atomic E-state index is 13.6. The zero-order valence-electron chi connectivity index (χ0n) is 20.4. The number of aliphatic carboxylic acids is 1. The number of rotatable bonds is 9. The zero-order valence-corrected chi connectivity index (χ0v) is 21.2. The lowest BCUT2D eigenvalue weighted by molar-refractivity contribution is -0.142. The molecule has 0 unspecified atom stereocenters. The standard InChI is InChI=1S/C28H29NO7S/c1-35-25-10-6-5-9-23(25)21-13-11-20(12-14-21)19-24(26(30)31)29-27(32)28(15-17-36-18-16-28)37(33,34)22-7-3-2-4-8-22/h2-14,24H,15-19H2,1H3,(H,29,32)(H,30,31)/t24-/m0/s1. The predicted octanol–water partition coefficient (Wildman–Crippen LogP) is 3.50. The number of benzene rings is 3. The molecule has 0 bridgehead atoms. The molecule has 2 N–H and O–H groups in total. The lowest BCUT2D eigenvalue weighted by Gasteiger charge is -2.36. The highest BCUT2D eigenvalue weighted by Gasteiger charge is 2.52. The molecule has 8 nitrogen and oxygen atoms in total. The van der Waals surface area contributed by atoms with E-state index in [0.717, 1.165) is 11.1 Å². The summed E-state index contributed by atoms with van der Waals surface area (Å²) >= 11 is 0. The number of para-hydroxylation sites is 1. The van der Waals surface area contributed by atoms with Gasteiger partial charge in [-0.2, -0.15) is 0 Å². The average Bonchev–Trinajstić information content (AvgIpc) is 2.93. The molecule has 37 heavy (non-hydrogen) atoms. The van der Waals surface area contributed by atoms with E-state index in [9.17, 15) is 23.1 Å². The molecule has 1 aliphatic rings. The maximum Gasteiger partial charge on any atom is 0.326 e. The molecule has 9 heteroatoms. The lowest BCUT2D eigenvalue weighted by atomic mass is 9.96. The summed E-state index contributed by atoms with van der Waals surface area (Å²) in [6.45, 7) is 0.170. The number of ether oxygens (including phenoxy) is 2. The van der Waals surface area contributed by atoms with Gasteiger partial charge in [-0.05, 0) is 42.2 Å². The first-order chi connectivity index (χ1) is 17.8. The normalized spacial score (nSPS) is 15.9. The van der Waals surface area contributed by atoms with Crippen molar-refractivity contribution in [1.82, 2.24) is 5.32 Å². The fourth-order valence-electron chi connectivity index (χ4n) is 4.57. The van der Waals surface area contributed by atoms with Crippen LogP contribution in [0.15, 0.2) is 83.8 Å². The van der Waals surface area contributed by atoms with Gasteiger partial charge in [0, 0.05) is 25.2 Å². The van der Waals surface area contributed by atoms with Gasteiger partial charge in [0.1, 0.15) is 11.8 Å². The SMILES string of the molecule is COc1ccccc1-c1ccc(C[C@H](NC(=O)C2(S(=O)(=O)c3ccccc3)CCOCC2)C(=O)O)cc1. The largest absolute Gasteiger partial charge is 0.496 e. The van der Waals surface area contributed by atoms with Crippen LogP contribution in [0.4, 0.5) is 0 Å². The van der Waals surface area contributed by atoms with Crippen LogP contribution in [0.2, 0.25) is 0 Å². The number of methoxy groups -OCH3 is 1. The molecule has 1 aliphatic heterocycles. The number of nitrogens with one attached hydrogen (secondary N) is 1. The van der Waals surface area contributed by atoms with Crippen LogP contribution >= 0.6 is 0 Å². The minimum absolute atomic E-state index is 0.00869. The van der Waals surface area contributed by atoms with Crippen molar-refractivity contribution in [1.29, 1.82) is 0 Å². The zero-order chi connectivity index (χ0) is 26.5. The van der Waals surface area contributed by atoms with E-state index in [4.69, 9.17) is 9.47 Å². The molecule has 0 aliphatic carbocycles. The molecule has 1 saturated heterocycles. The smallest absolute Gasteiger partial charge is 0.326 e. The minimum atomic E-state index is -4.11. The van der Waals surface area contributed by atoms with Crippen molar-refractivity contribution in [3.63, 3.8) is 0 Å². The monoisotopic (exact) mass is 523 g/mol. The number of hydrogen-bond acceptors (Lipinski definition) is 6. The second-order valence-corrected chi connectivity index (χ2v) is 11.1. The van der Waals surface area contributed by atoms with E-state index in [0.29, 0.717) is 11.3 Å². The lowest BCUT2D eigenvalue weighted by Crippen LogP contribution is -2.58. The molecule has 1 heterocycles. The van der Waals surface area contributed by atoms with Crippen LogP contribution in [-0.2, 0) is 30.6 Å². The summed E-state index contributed by atoms with van der Waals surface area (Å²) in [6, 6.07) is 21.3. The number of carboxylic acids is 1. The molecular weight excluding hydrogens is 494 g/mol. The van der Waals surface area contributed by atoms with Crippen molar-refractivity contribution in [3.8, 4) is 16.9 Å². The molecule has 0 radical (unpaired) electrons. The van der Waals surface area contributed by atoms with Gasteiger partial charge in [-0.1, -0.05) is 60.7 Å².